The lowest BCUT2D eigenvalue weighted by atomic mass is 10.0. The molecule has 26 heavy (non-hydrogen) atoms. The van der Waals surface area contributed by atoms with E-state index < -0.39 is 47.5 Å². The number of H-pyrrole nitrogens is 1. The Bertz CT molecular complexity index is 762. The van der Waals surface area contributed by atoms with Gasteiger partial charge in [0.1, 0.15) is 11.6 Å². The molecule has 146 valence electrons. The van der Waals surface area contributed by atoms with Gasteiger partial charge in [-0.05, 0) is 33.1 Å². The quantitative estimate of drug-likeness (QED) is 0.721. The number of amides is 1. The van der Waals surface area contributed by atoms with Crippen LogP contribution in [0.2, 0.25) is 0 Å². The highest BCUT2D eigenvalue weighted by molar-refractivity contribution is 5.81. The van der Waals surface area contributed by atoms with Crippen molar-refractivity contribution in [3.8, 4) is 0 Å². The van der Waals surface area contributed by atoms with Crippen molar-refractivity contribution in [1.82, 2.24) is 14.9 Å². The maximum atomic E-state index is 13.2. The van der Waals surface area contributed by atoms with Crippen molar-refractivity contribution in [2.45, 2.75) is 59.4 Å². The molecular formula is C16H24FN3O6. The lowest BCUT2D eigenvalue weighted by Crippen LogP contribution is -2.45. The average Bonchev–Trinajstić information content (AvgIpc) is 2.46. The van der Waals surface area contributed by atoms with Crippen LogP contribution in [0.15, 0.2) is 15.8 Å². The summed E-state index contributed by atoms with van der Waals surface area (Å²) in [6.45, 7) is 8.12. The van der Waals surface area contributed by atoms with Crippen LogP contribution in [0, 0.1) is 11.7 Å². The zero-order valence-electron chi connectivity index (χ0n) is 15.4. The number of alkyl carbamates (subject to hydrolysis) is 1. The summed E-state index contributed by atoms with van der Waals surface area (Å²) in [7, 11) is 0. The number of rotatable bonds is 6. The number of esters is 1. The van der Waals surface area contributed by atoms with Crippen LogP contribution in [0.1, 0.15) is 41.0 Å². The highest BCUT2D eigenvalue weighted by Gasteiger charge is 2.26. The maximum absolute atomic E-state index is 13.2. The van der Waals surface area contributed by atoms with Gasteiger partial charge in [-0.15, -0.1) is 0 Å². The van der Waals surface area contributed by atoms with E-state index in [1.165, 1.54) is 0 Å². The molecule has 1 rings (SSSR count). The van der Waals surface area contributed by atoms with E-state index in [-0.39, 0.29) is 12.3 Å². The fourth-order valence-electron chi connectivity index (χ4n) is 1.95. The molecule has 0 unspecified atom stereocenters. The molecule has 9 nitrogen and oxygen atoms in total. The number of aromatic nitrogens is 2. The molecule has 1 amide bonds. The van der Waals surface area contributed by atoms with Gasteiger partial charge in [-0.3, -0.25) is 14.3 Å². The van der Waals surface area contributed by atoms with Gasteiger partial charge in [0.25, 0.3) is 5.56 Å². The predicted molar refractivity (Wildman–Crippen MR) is 90.0 cm³/mol. The molecule has 0 bridgehead atoms. The minimum absolute atomic E-state index is 0.0516. The first-order chi connectivity index (χ1) is 11.9. The van der Waals surface area contributed by atoms with Crippen LogP contribution in [0.3, 0.4) is 0 Å². The zero-order valence-corrected chi connectivity index (χ0v) is 15.4. The molecule has 0 spiro atoms. The first-order valence-corrected chi connectivity index (χ1v) is 8.04. The lowest BCUT2D eigenvalue weighted by molar-refractivity contribution is -0.150. The Balaban J connectivity index is 2.80. The van der Waals surface area contributed by atoms with E-state index in [1.54, 1.807) is 25.8 Å². The van der Waals surface area contributed by atoms with E-state index in [0.717, 1.165) is 0 Å². The highest BCUT2D eigenvalue weighted by atomic mass is 19.1. The second kappa shape index (κ2) is 8.63. The van der Waals surface area contributed by atoms with Gasteiger partial charge in [-0.25, -0.2) is 14.4 Å². The molecular weight excluding hydrogens is 349 g/mol. The number of nitrogens with zero attached hydrogens (tertiary/aromatic N) is 1. The summed E-state index contributed by atoms with van der Waals surface area (Å²) in [6.07, 6.45) is 0.118. The van der Waals surface area contributed by atoms with Crippen LogP contribution in [-0.2, 0) is 21.0 Å². The first kappa shape index (κ1) is 21.4. The molecule has 0 aliphatic carbocycles. The zero-order chi connectivity index (χ0) is 20.1. The van der Waals surface area contributed by atoms with Crippen molar-refractivity contribution < 1.29 is 23.5 Å². The topological polar surface area (TPSA) is 119 Å². The van der Waals surface area contributed by atoms with Crippen LogP contribution < -0.4 is 16.6 Å². The van der Waals surface area contributed by atoms with Crippen molar-refractivity contribution in [3.63, 3.8) is 0 Å². The number of hydrogen-bond acceptors (Lipinski definition) is 6. The third-order valence-corrected chi connectivity index (χ3v) is 3.00. The number of aromatic amines is 1. The number of carbonyl (C=O) groups excluding carboxylic acids is 2. The van der Waals surface area contributed by atoms with Gasteiger partial charge < -0.3 is 14.8 Å². The molecule has 2 N–H and O–H groups in total. The summed E-state index contributed by atoms with van der Waals surface area (Å²) >= 11 is 0. The molecule has 1 aromatic rings. The Kier molecular flexibility index (Phi) is 7.10. The molecule has 10 heteroatoms. The van der Waals surface area contributed by atoms with Crippen molar-refractivity contribution >= 4 is 12.1 Å². The fraction of sp³-hybridized carbons (Fsp3) is 0.625. The third kappa shape index (κ3) is 7.08. The predicted octanol–water partition coefficient (Wildman–Crippen LogP) is 1.12. The van der Waals surface area contributed by atoms with Crippen LogP contribution in [0.4, 0.5) is 9.18 Å². The number of carbonyl (C=O) groups is 2. The maximum Gasteiger partial charge on any atom is 0.408 e. The van der Waals surface area contributed by atoms with Crippen molar-refractivity contribution in [1.29, 1.82) is 0 Å². The number of halogens is 1. The molecule has 0 aromatic carbocycles. The van der Waals surface area contributed by atoms with Crippen LogP contribution in [-0.4, -0.2) is 33.3 Å². The van der Waals surface area contributed by atoms with Crippen molar-refractivity contribution in [3.05, 3.63) is 32.9 Å². The van der Waals surface area contributed by atoms with Gasteiger partial charge in [-0.2, -0.15) is 4.39 Å². The van der Waals surface area contributed by atoms with Crippen molar-refractivity contribution in [2.75, 3.05) is 0 Å². The van der Waals surface area contributed by atoms with Gasteiger partial charge in [0.05, 0.1) is 6.20 Å². The number of ether oxygens (including phenoxy) is 2. The molecule has 0 saturated carbocycles. The monoisotopic (exact) mass is 373 g/mol. The van der Waals surface area contributed by atoms with E-state index in [4.69, 9.17) is 9.47 Å². The summed E-state index contributed by atoms with van der Waals surface area (Å²) in [5.41, 5.74) is -2.83. The second-order valence-corrected chi connectivity index (χ2v) is 7.13. The van der Waals surface area contributed by atoms with E-state index in [0.29, 0.717) is 10.8 Å². The van der Waals surface area contributed by atoms with E-state index in [2.05, 4.69) is 5.32 Å². The summed E-state index contributed by atoms with van der Waals surface area (Å²) in [6, 6.07) is -1.01. The summed E-state index contributed by atoms with van der Waals surface area (Å²) < 4.78 is 24.0. The Hall–Kier alpha value is -2.65. The number of hydrogen-bond donors (Lipinski definition) is 2. The van der Waals surface area contributed by atoms with Gasteiger partial charge in [0.15, 0.2) is 6.73 Å². The fourth-order valence-corrected chi connectivity index (χ4v) is 1.95. The molecule has 0 saturated heterocycles. The summed E-state index contributed by atoms with van der Waals surface area (Å²) in [4.78, 5) is 48.4. The van der Waals surface area contributed by atoms with Gasteiger partial charge in [0.2, 0.25) is 5.82 Å². The molecule has 1 aromatic heterocycles. The largest absolute Gasteiger partial charge is 0.444 e. The van der Waals surface area contributed by atoms with E-state index in [9.17, 15) is 23.6 Å². The molecule has 0 aliphatic rings. The summed E-state index contributed by atoms with van der Waals surface area (Å²) in [5, 5.41) is 2.42. The minimum atomic E-state index is -1.19. The molecule has 0 fully saturated rings. The molecule has 1 atom stereocenters. The van der Waals surface area contributed by atoms with E-state index >= 15 is 0 Å². The smallest absolute Gasteiger partial charge is 0.408 e. The SMILES string of the molecule is CC(C)C[C@H](NC(=O)OC(C)(C)C)C(=O)OCn1cc(F)c(=O)[nH]c1=O. The highest BCUT2D eigenvalue weighted by Crippen LogP contribution is 2.10. The van der Waals surface area contributed by atoms with Crippen LogP contribution in [0.25, 0.3) is 0 Å². The molecule has 1 heterocycles. The Morgan fingerprint density at radius 2 is 1.92 bits per heavy atom. The van der Waals surface area contributed by atoms with Gasteiger partial charge in [-0.1, -0.05) is 13.8 Å². The van der Waals surface area contributed by atoms with Crippen LogP contribution in [0.5, 0.6) is 0 Å². The summed E-state index contributed by atoms with van der Waals surface area (Å²) in [5.74, 6) is -1.95. The van der Waals surface area contributed by atoms with Gasteiger partial charge >= 0.3 is 17.8 Å². The van der Waals surface area contributed by atoms with Crippen LogP contribution >= 0.6 is 0 Å². The third-order valence-electron chi connectivity index (χ3n) is 3.00. The lowest BCUT2D eigenvalue weighted by Gasteiger charge is -2.23. The normalized spacial score (nSPS) is 12.6. The Labute approximate surface area is 149 Å². The second-order valence-electron chi connectivity index (χ2n) is 7.13. The average molecular weight is 373 g/mol. The van der Waals surface area contributed by atoms with Gasteiger partial charge in [0, 0.05) is 0 Å². The van der Waals surface area contributed by atoms with Crippen molar-refractivity contribution in [2.24, 2.45) is 5.92 Å². The van der Waals surface area contributed by atoms with E-state index in [1.807, 2.05) is 13.8 Å². The Morgan fingerprint density at radius 1 is 1.31 bits per heavy atom. The first-order valence-electron chi connectivity index (χ1n) is 8.04. The Morgan fingerprint density at radius 3 is 2.46 bits per heavy atom. The number of nitrogens with one attached hydrogen (secondary N) is 2. The molecule has 0 radical (unpaired) electrons. The molecule has 0 aliphatic heterocycles. The minimum Gasteiger partial charge on any atom is -0.444 e. The standard InChI is InChI=1S/C16H24FN3O6/c1-9(2)6-11(18-15(24)26-16(3,4)5)13(22)25-8-20-7-10(17)12(21)19-14(20)23/h7,9,11H,6,8H2,1-5H3,(H,18,24)(H,19,21,23)/t11-/m0/s1.